The molecule has 1 heterocycles. The molecule has 3 heteroatoms. The lowest BCUT2D eigenvalue weighted by molar-refractivity contribution is 0.282. The highest BCUT2D eigenvalue weighted by atomic mass is 15.3. The third-order valence-corrected chi connectivity index (χ3v) is 4.00. The highest BCUT2D eigenvalue weighted by Gasteiger charge is 2.29. The molecular weight excluding hydrogens is 198 g/mol. The molecule has 2 rings (SSSR count). The summed E-state index contributed by atoms with van der Waals surface area (Å²) in [5, 5.41) is 4.36. The van der Waals surface area contributed by atoms with Gasteiger partial charge in [0.15, 0.2) is 0 Å². The summed E-state index contributed by atoms with van der Waals surface area (Å²) >= 11 is 0. The van der Waals surface area contributed by atoms with Crippen LogP contribution in [0, 0.1) is 5.92 Å². The average Bonchev–Trinajstić information content (AvgIpc) is 2.78. The lowest BCUT2D eigenvalue weighted by Crippen LogP contribution is -2.34. The van der Waals surface area contributed by atoms with Crippen molar-refractivity contribution < 1.29 is 0 Å². The van der Waals surface area contributed by atoms with E-state index in [0.29, 0.717) is 12.0 Å². The first-order chi connectivity index (χ1) is 7.74. The summed E-state index contributed by atoms with van der Waals surface area (Å²) in [7, 11) is 0. The molecule has 1 fully saturated rings. The van der Waals surface area contributed by atoms with Crippen LogP contribution in [0.25, 0.3) is 0 Å². The molecule has 1 aromatic rings. The minimum Gasteiger partial charge on any atom is -0.327 e. The van der Waals surface area contributed by atoms with E-state index in [4.69, 9.17) is 5.73 Å². The van der Waals surface area contributed by atoms with Crippen LogP contribution >= 0.6 is 0 Å². The molecule has 0 spiro atoms. The van der Waals surface area contributed by atoms with E-state index >= 15 is 0 Å². The predicted molar refractivity (Wildman–Crippen MR) is 66.2 cm³/mol. The summed E-state index contributed by atoms with van der Waals surface area (Å²) in [5.41, 5.74) is 7.58. The van der Waals surface area contributed by atoms with Gasteiger partial charge >= 0.3 is 0 Å². The number of rotatable bonds is 3. The number of hydrogen-bond acceptors (Lipinski definition) is 2. The van der Waals surface area contributed by atoms with E-state index in [9.17, 15) is 0 Å². The van der Waals surface area contributed by atoms with Crippen LogP contribution in [0.15, 0.2) is 12.4 Å². The Balaban J connectivity index is 2.11. The summed E-state index contributed by atoms with van der Waals surface area (Å²) in [6.07, 6.45) is 9.17. The molecule has 0 aromatic carbocycles. The Morgan fingerprint density at radius 2 is 2.25 bits per heavy atom. The monoisotopic (exact) mass is 221 g/mol. The van der Waals surface area contributed by atoms with Crippen LogP contribution in [0.4, 0.5) is 0 Å². The molecule has 0 aliphatic heterocycles. The van der Waals surface area contributed by atoms with E-state index in [-0.39, 0.29) is 0 Å². The summed E-state index contributed by atoms with van der Waals surface area (Å²) in [6, 6.07) is 0.331. The first-order valence-electron chi connectivity index (χ1n) is 6.52. The molecule has 1 aliphatic rings. The maximum Gasteiger partial charge on any atom is 0.0525 e. The van der Waals surface area contributed by atoms with Crippen molar-refractivity contribution in [2.45, 2.75) is 58.0 Å². The predicted octanol–water partition coefficient (Wildman–Crippen LogP) is 2.52. The van der Waals surface area contributed by atoms with Crippen molar-refractivity contribution in [2.24, 2.45) is 11.7 Å². The summed E-state index contributed by atoms with van der Waals surface area (Å²) < 4.78 is 2.00. The lowest BCUT2D eigenvalue weighted by atomic mass is 9.75. The van der Waals surface area contributed by atoms with E-state index in [2.05, 4.69) is 25.1 Å². The van der Waals surface area contributed by atoms with E-state index < -0.39 is 0 Å². The van der Waals surface area contributed by atoms with Crippen LogP contribution in [0.5, 0.6) is 0 Å². The first-order valence-corrected chi connectivity index (χ1v) is 6.52. The molecular formula is C13H23N3. The molecule has 1 saturated carbocycles. The Hall–Kier alpha value is -0.830. The number of nitrogens with two attached hydrogens (primary N) is 1. The summed E-state index contributed by atoms with van der Waals surface area (Å²) in [5.74, 6) is 1.38. The van der Waals surface area contributed by atoms with Gasteiger partial charge in [-0.1, -0.05) is 13.3 Å². The van der Waals surface area contributed by atoms with Crippen LogP contribution in [-0.2, 0) is 6.54 Å². The maximum atomic E-state index is 6.24. The zero-order valence-corrected chi connectivity index (χ0v) is 10.4. The minimum atomic E-state index is 0.331. The Kier molecular flexibility index (Phi) is 3.64. The van der Waals surface area contributed by atoms with Gasteiger partial charge in [-0.2, -0.15) is 5.10 Å². The molecule has 3 atom stereocenters. The molecule has 0 radical (unpaired) electrons. The Labute approximate surface area is 98.0 Å². The zero-order valence-electron chi connectivity index (χ0n) is 10.4. The van der Waals surface area contributed by atoms with Crippen molar-refractivity contribution in [3.63, 3.8) is 0 Å². The van der Waals surface area contributed by atoms with Crippen LogP contribution < -0.4 is 5.73 Å². The molecule has 90 valence electrons. The van der Waals surface area contributed by atoms with E-state index in [1.54, 1.807) is 0 Å². The standard InChI is InChI=1S/C13H23N3/c1-3-10-5-6-13(14)12(7-10)11-8-15-16(4-2)9-11/h8-10,12-13H,3-7,14H2,1-2H3. The molecule has 0 amide bonds. The van der Waals surface area contributed by atoms with Gasteiger partial charge in [-0.3, -0.25) is 4.68 Å². The molecule has 2 N–H and O–H groups in total. The largest absolute Gasteiger partial charge is 0.327 e. The number of aryl methyl sites for hydroxylation is 1. The Morgan fingerprint density at radius 3 is 2.88 bits per heavy atom. The molecule has 16 heavy (non-hydrogen) atoms. The SMILES string of the molecule is CCC1CCC(N)C(c2cnn(CC)c2)C1. The molecule has 3 nitrogen and oxygen atoms in total. The average molecular weight is 221 g/mol. The second-order valence-electron chi connectivity index (χ2n) is 4.99. The van der Waals surface area contributed by atoms with Gasteiger partial charge in [0.2, 0.25) is 0 Å². The van der Waals surface area contributed by atoms with Crippen LogP contribution in [0.2, 0.25) is 0 Å². The van der Waals surface area contributed by atoms with Gasteiger partial charge in [-0.25, -0.2) is 0 Å². The molecule has 0 bridgehead atoms. The third-order valence-electron chi connectivity index (χ3n) is 4.00. The third kappa shape index (κ3) is 2.29. The van der Waals surface area contributed by atoms with Gasteiger partial charge in [-0.15, -0.1) is 0 Å². The summed E-state index contributed by atoms with van der Waals surface area (Å²) in [4.78, 5) is 0. The highest BCUT2D eigenvalue weighted by molar-refractivity contribution is 5.15. The molecule has 1 aliphatic carbocycles. The molecule has 3 unspecified atom stereocenters. The second-order valence-corrected chi connectivity index (χ2v) is 4.99. The summed E-state index contributed by atoms with van der Waals surface area (Å²) in [6.45, 7) is 5.35. The maximum absolute atomic E-state index is 6.24. The van der Waals surface area contributed by atoms with Crippen molar-refractivity contribution in [3.05, 3.63) is 18.0 Å². The topological polar surface area (TPSA) is 43.8 Å². The fourth-order valence-electron chi connectivity index (χ4n) is 2.78. The molecule has 1 aromatic heterocycles. The Bertz CT molecular complexity index is 332. The van der Waals surface area contributed by atoms with E-state index in [1.807, 2.05) is 10.9 Å². The van der Waals surface area contributed by atoms with Gasteiger partial charge in [0.05, 0.1) is 6.20 Å². The number of nitrogens with zero attached hydrogens (tertiary/aromatic N) is 2. The van der Waals surface area contributed by atoms with Crippen molar-refractivity contribution in [2.75, 3.05) is 0 Å². The van der Waals surface area contributed by atoms with Crippen molar-refractivity contribution >= 4 is 0 Å². The Morgan fingerprint density at radius 1 is 1.44 bits per heavy atom. The van der Waals surface area contributed by atoms with Crippen molar-refractivity contribution in [1.82, 2.24) is 9.78 Å². The first kappa shape index (κ1) is 11.6. The minimum absolute atomic E-state index is 0.331. The van der Waals surface area contributed by atoms with Gasteiger partial charge in [0.1, 0.15) is 0 Å². The van der Waals surface area contributed by atoms with E-state index in [0.717, 1.165) is 12.5 Å². The highest BCUT2D eigenvalue weighted by Crippen LogP contribution is 2.36. The smallest absolute Gasteiger partial charge is 0.0525 e. The quantitative estimate of drug-likeness (QED) is 0.852. The van der Waals surface area contributed by atoms with Gasteiger partial charge in [0.25, 0.3) is 0 Å². The fraction of sp³-hybridized carbons (Fsp3) is 0.769. The van der Waals surface area contributed by atoms with Crippen LogP contribution in [-0.4, -0.2) is 15.8 Å². The van der Waals surface area contributed by atoms with Gasteiger partial charge < -0.3 is 5.73 Å². The van der Waals surface area contributed by atoms with Crippen molar-refractivity contribution in [1.29, 1.82) is 0 Å². The lowest BCUT2D eigenvalue weighted by Gasteiger charge is -2.33. The zero-order chi connectivity index (χ0) is 11.5. The molecule has 0 saturated heterocycles. The van der Waals surface area contributed by atoms with Gasteiger partial charge in [0, 0.05) is 24.7 Å². The van der Waals surface area contributed by atoms with Gasteiger partial charge in [-0.05, 0) is 37.7 Å². The van der Waals surface area contributed by atoms with Crippen LogP contribution in [0.3, 0.4) is 0 Å². The fourth-order valence-corrected chi connectivity index (χ4v) is 2.78. The second kappa shape index (κ2) is 5.00. The number of hydrogen-bond donors (Lipinski definition) is 1. The normalized spacial score (nSPS) is 30.6. The van der Waals surface area contributed by atoms with Crippen molar-refractivity contribution in [3.8, 4) is 0 Å². The van der Waals surface area contributed by atoms with Crippen LogP contribution in [0.1, 0.15) is 51.0 Å². The van der Waals surface area contributed by atoms with E-state index in [1.165, 1.54) is 31.2 Å². The number of aromatic nitrogens is 2.